The highest BCUT2D eigenvalue weighted by molar-refractivity contribution is 7.47. The molecule has 12 heteroatoms. The minimum absolute atomic E-state index is 0.00553. The Labute approximate surface area is 452 Å². The predicted molar refractivity (Wildman–Crippen MR) is 307 cm³/mol. The molecule has 0 heterocycles. The van der Waals surface area contributed by atoms with Crippen LogP contribution in [0.3, 0.4) is 0 Å². The number of rotatable bonds is 55. The zero-order valence-corrected chi connectivity index (χ0v) is 48.2. The molecule has 0 aromatic rings. The van der Waals surface area contributed by atoms with E-state index >= 15 is 0 Å². The number of hydrogen-bond acceptors (Lipinski definition) is 10. The molecule has 74 heavy (non-hydrogen) atoms. The van der Waals surface area contributed by atoms with Gasteiger partial charge in [-0.1, -0.05) is 248 Å². The Bertz CT molecular complexity index is 1520. The molecule has 0 radical (unpaired) electrons. The van der Waals surface area contributed by atoms with E-state index in [1.54, 1.807) is 6.08 Å². The number of ether oxygens (including phenoxy) is 3. The van der Waals surface area contributed by atoms with Crippen molar-refractivity contribution in [2.75, 3.05) is 26.4 Å². The van der Waals surface area contributed by atoms with Crippen molar-refractivity contribution < 1.29 is 52.2 Å². The van der Waals surface area contributed by atoms with Gasteiger partial charge in [0, 0.05) is 12.8 Å². The zero-order chi connectivity index (χ0) is 54.1. The highest BCUT2D eigenvalue weighted by Gasteiger charge is 2.28. The van der Waals surface area contributed by atoms with Gasteiger partial charge in [-0.05, 0) is 70.6 Å². The van der Waals surface area contributed by atoms with E-state index in [-0.39, 0.29) is 25.9 Å². The number of carbonyl (C=O) groups excluding carboxylic acids is 3. The van der Waals surface area contributed by atoms with Crippen LogP contribution in [0.25, 0.3) is 0 Å². The van der Waals surface area contributed by atoms with Gasteiger partial charge in [-0.25, -0.2) is 4.57 Å². The zero-order valence-electron chi connectivity index (χ0n) is 47.3. The van der Waals surface area contributed by atoms with E-state index in [2.05, 4.69) is 75.5 Å². The molecule has 0 amide bonds. The second-order valence-electron chi connectivity index (χ2n) is 19.8. The van der Waals surface area contributed by atoms with Crippen molar-refractivity contribution in [1.82, 2.24) is 0 Å². The fourth-order valence-electron chi connectivity index (χ4n) is 8.13. The van der Waals surface area contributed by atoms with Gasteiger partial charge in [0.05, 0.1) is 26.2 Å². The summed E-state index contributed by atoms with van der Waals surface area (Å²) in [6.45, 7) is 4.44. The first-order valence-electron chi connectivity index (χ1n) is 29.8. The number of esters is 3. The topological polar surface area (TPSA) is 155 Å². The lowest BCUT2D eigenvalue weighted by atomic mass is 10.0. The lowest BCUT2D eigenvalue weighted by Gasteiger charge is -2.21. The molecule has 0 saturated carbocycles. The SMILES string of the molecule is CC/C=C\C/C=C\C/C=C\C/C=C\C/C=C\CC(=O)OCC(COP(=O)(O)OCC(CO)OC(=O)CCCCCCC/C=C\CCCCCCCC)OC(=O)CCCCCCCCCCCCCCCCCCC. The van der Waals surface area contributed by atoms with Gasteiger partial charge >= 0.3 is 25.7 Å². The fraction of sp³-hybridized carbons (Fsp3) is 0.758. The summed E-state index contributed by atoms with van der Waals surface area (Å²) in [6, 6.07) is 0. The van der Waals surface area contributed by atoms with E-state index in [1.807, 2.05) is 12.2 Å². The molecule has 0 saturated heterocycles. The molecule has 0 aliphatic carbocycles. The molecule has 0 bridgehead atoms. The highest BCUT2D eigenvalue weighted by atomic mass is 31.2. The van der Waals surface area contributed by atoms with Crippen LogP contribution in [-0.4, -0.2) is 66.5 Å². The Morgan fingerprint density at radius 1 is 0.405 bits per heavy atom. The Balaban J connectivity index is 4.79. The summed E-state index contributed by atoms with van der Waals surface area (Å²) in [6.07, 6.45) is 63.2. The van der Waals surface area contributed by atoms with Crippen molar-refractivity contribution in [3.8, 4) is 0 Å². The monoisotopic (exact) mass is 1060 g/mol. The van der Waals surface area contributed by atoms with Crippen LogP contribution >= 0.6 is 7.82 Å². The smallest absolute Gasteiger partial charge is 0.461 e. The van der Waals surface area contributed by atoms with Crippen LogP contribution in [0, 0.1) is 0 Å². The molecule has 0 aromatic heterocycles. The second-order valence-corrected chi connectivity index (χ2v) is 21.3. The first kappa shape index (κ1) is 70.9. The molecule has 0 aromatic carbocycles. The third-order valence-electron chi connectivity index (χ3n) is 12.6. The van der Waals surface area contributed by atoms with Crippen LogP contribution in [0.2, 0.25) is 0 Å². The first-order chi connectivity index (χ1) is 36.2. The minimum atomic E-state index is -4.77. The van der Waals surface area contributed by atoms with Crippen LogP contribution in [0.15, 0.2) is 72.9 Å². The fourth-order valence-corrected chi connectivity index (χ4v) is 8.91. The molecule has 0 rings (SSSR count). The molecule has 11 nitrogen and oxygen atoms in total. The molecule has 3 unspecified atom stereocenters. The Hall–Kier alpha value is -3.08. The van der Waals surface area contributed by atoms with Crippen molar-refractivity contribution in [2.24, 2.45) is 0 Å². The van der Waals surface area contributed by atoms with E-state index in [0.717, 1.165) is 83.5 Å². The van der Waals surface area contributed by atoms with Crippen LogP contribution < -0.4 is 0 Å². The Morgan fingerprint density at radius 3 is 1.14 bits per heavy atom. The van der Waals surface area contributed by atoms with Gasteiger partial charge in [0.15, 0.2) is 6.10 Å². The van der Waals surface area contributed by atoms with Crippen LogP contribution in [-0.2, 0) is 42.2 Å². The van der Waals surface area contributed by atoms with Gasteiger partial charge in [0.2, 0.25) is 0 Å². The van der Waals surface area contributed by atoms with Crippen LogP contribution in [0.5, 0.6) is 0 Å². The Kier molecular flexibility index (Phi) is 53.8. The first-order valence-corrected chi connectivity index (χ1v) is 31.3. The normalized spacial score (nSPS) is 13.9. The second kappa shape index (κ2) is 56.1. The van der Waals surface area contributed by atoms with Gasteiger partial charge in [0.1, 0.15) is 12.7 Å². The maximum atomic E-state index is 12.9. The standard InChI is InChI=1S/C62H109O11P/c1-4-7-10-13-16-19-22-25-28-29-32-35-38-41-44-47-50-53-62(66)73-59(55-69-60(64)51-48-45-42-39-36-33-30-26-23-20-17-14-11-8-5-2)57-71-74(67,68)70-56-58(54-63)72-61(65)52-49-46-43-40-37-34-31-27-24-21-18-15-12-9-6-3/h8,11,17,20,26-27,30-31,36,39,45,48,58-59,63H,4-7,9-10,12-16,18-19,21-25,28-29,32-35,37-38,40-44,46-47,49-57H2,1-3H3,(H,67,68)/b11-8-,20-17-,30-26-,31-27-,39-36-,48-45-. The largest absolute Gasteiger partial charge is 0.472 e. The van der Waals surface area contributed by atoms with Crippen molar-refractivity contribution >= 4 is 25.7 Å². The highest BCUT2D eigenvalue weighted by Crippen LogP contribution is 2.43. The molecule has 0 aliphatic rings. The van der Waals surface area contributed by atoms with E-state index in [9.17, 15) is 28.9 Å². The third kappa shape index (κ3) is 53.7. The molecular weight excluding hydrogens is 952 g/mol. The van der Waals surface area contributed by atoms with Crippen molar-refractivity contribution in [1.29, 1.82) is 0 Å². The number of hydrogen-bond donors (Lipinski definition) is 2. The summed E-state index contributed by atoms with van der Waals surface area (Å²) in [5.41, 5.74) is 0. The molecule has 428 valence electrons. The average molecular weight is 1060 g/mol. The summed E-state index contributed by atoms with van der Waals surface area (Å²) in [7, 11) is -4.77. The number of phosphoric ester groups is 1. The summed E-state index contributed by atoms with van der Waals surface area (Å²) in [4.78, 5) is 48.5. The number of aliphatic hydroxyl groups excluding tert-OH is 1. The molecule has 2 N–H and O–H groups in total. The van der Waals surface area contributed by atoms with Crippen molar-refractivity contribution in [3.05, 3.63) is 72.9 Å². The maximum absolute atomic E-state index is 12.9. The molecule has 3 atom stereocenters. The molecule has 0 aliphatic heterocycles. The Morgan fingerprint density at radius 2 is 0.743 bits per heavy atom. The third-order valence-corrected chi connectivity index (χ3v) is 13.6. The summed E-state index contributed by atoms with van der Waals surface area (Å²) >= 11 is 0. The summed E-state index contributed by atoms with van der Waals surface area (Å²) in [5.74, 6) is -1.61. The summed E-state index contributed by atoms with van der Waals surface area (Å²) < 4.78 is 39.4. The van der Waals surface area contributed by atoms with Gasteiger partial charge in [0.25, 0.3) is 0 Å². The predicted octanol–water partition coefficient (Wildman–Crippen LogP) is 17.7. The average Bonchev–Trinajstić information content (AvgIpc) is 3.39. The van der Waals surface area contributed by atoms with Crippen LogP contribution in [0.4, 0.5) is 0 Å². The molecule has 0 spiro atoms. The number of phosphoric acid groups is 1. The van der Waals surface area contributed by atoms with Crippen molar-refractivity contribution in [3.63, 3.8) is 0 Å². The van der Waals surface area contributed by atoms with E-state index in [0.29, 0.717) is 19.3 Å². The quantitative estimate of drug-likeness (QED) is 0.0197. The van der Waals surface area contributed by atoms with Gasteiger partial charge in [-0.3, -0.25) is 23.4 Å². The molecular formula is C62H109O11P. The summed E-state index contributed by atoms with van der Waals surface area (Å²) in [5, 5.41) is 9.82. The molecule has 0 fully saturated rings. The van der Waals surface area contributed by atoms with Gasteiger partial charge in [-0.2, -0.15) is 0 Å². The van der Waals surface area contributed by atoms with E-state index < -0.39 is 57.8 Å². The minimum Gasteiger partial charge on any atom is -0.461 e. The number of carbonyl (C=O) groups is 3. The van der Waals surface area contributed by atoms with E-state index in [1.165, 1.54) is 122 Å². The van der Waals surface area contributed by atoms with Gasteiger partial charge < -0.3 is 24.2 Å². The lowest BCUT2D eigenvalue weighted by molar-refractivity contribution is -0.161. The van der Waals surface area contributed by atoms with Crippen molar-refractivity contribution in [2.45, 2.75) is 277 Å². The van der Waals surface area contributed by atoms with E-state index in [4.69, 9.17) is 23.3 Å². The number of allylic oxidation sites excluding steroid dienone is 11. The maximum Gasteiger partial charge on any atom is 0.472 e. The number of unbranched alkanes of at least 4 members (excludes halogenated alkanes) is 27. The van der Waals surface area contributed by atoms with Crippen LogP contribution in [0.1, 0.15) is 265 Å². The van der Waals surface area contributed by atoms with Gasteiger partial charge in [-0.15, -0.1) is 0 Å². The number of aliphatic hydroxyl groups is 1. The lowest BCUT2D eigenvalue weighted by Crippen LogP contribution is -2.30.